The molecule has 2 atom stereocenters. The first-order chi connectivity index (χ1) is 9.20. The van der Waals surface area contributed by atoms with Crippen molar-refractivity contribution in [3.63, 3.8) is 0 Å². The van der Waals surface area contributed by atoms with Crippen molar-refractivity contribution in [2.24, 2.45) is 0 Å². The van der Waals surface area contributed by atoms with E-state index in [1.165, 1.54) is 0 Å². The third kappa shape index (κ3) is 3.79. The van der Waals surface area contributed by atoms with E-state index in [1.54, 1.807) is 12.3 Å². The van der Waals surface area contributed by atoms with Crippen LogP contribution in [-0.4, -0.2) is 54.9 Å². The van der Waals surface area contributed by atoms with Gasteiger partial charge in [-0.05, 0) is 19.1 Å². The molecule has 2 unspecified atom stereocenters. The number of nitrogens with one attached hydrogen (secondary N) is 1. The molecule has 1 aliphatic rings. The van der Waals surface area contributed by atoms with Crippen molar-refractivity contribution < 1.29 is 19.1 Å². The second kappa shape index (κ2) is 6.70. The van der Waals surface area contributed by atoms with Gasteiger partial charge in [0.2, 0.25) is 5.91 Å². The summed E-state index contributed by atoms with van der Waals surface area (Å²) in [6.45, 7) is 3.86. The fourth-order valence-electron chi connectivity index (χ4n) is 2.15. The van der Waals surface area contributed by atoms with E-state index in [9.17, 15) is 9.90 Å². The largest absolute Gasteiger partial charge is 0.467 e. The van der Waals surface area contributed by atoms with E-state index >= 15 is 0 Å². The van der Waals surface area contributed by atoms with Gasteiger partial charge in [-0.1, -0.05) is 0 Å². The van der Waals surface area contributed by atoms with Crippen LogP contribution < -0.4 is 5.32 Å². The van der Waals surface area contributed by atoms with Crippen LogP contribution in [0.25, 0.3) is 0 Å². The topological polar surface area (TPSA) is 74.9 Å². The Labute approximate surface area is 112 Å². The first kappa shape index (κ1) is 14.0. The molecule has 0 bridgehead atoms. The summed E-state index contributed by atoms with van der Waals surface area (Å²) < 4.78 is 10.5. The van der Waals surface area contributed by atoms with E-state index in [0.717, 1.165) is 5.76 Å². The van der Waals surface area contributed by atoms with Crippen molar-refractivity contribution in [1.82, 2.24) is 10.2 Å². The minimum absolute atomic E-state index is 0.00101. The summed E-state index contributed by atoms with van der Waals surface area (Å²) >= 11 is 0. The molecule has 2 heterocycles. The maximum Gasteiger partial charge on any atom is 0.234 e. The molecule has 2 N–H and O–H groups in total. The van der Waals surface area contributed by atoms with Crippen LogP contribution in [-0.2, 0) is 9.53 Å². The quantitative estimate of drug-likeness (QED) is 0.795. The van der Waals surface area contributed by atoms with Crippen molar-refractivity contribution in [1.29, 1.82) is 0 Å². The van der Waals surface area contributed by atoms with Gasteiger partial charge in [0.05, 0.1) is 44.7 Å². The van der Waals surface area contributed by atoms with Crippen LogP contribution >= 0.6 is 0 Å². The molecule has 1 aliphatic heterocycles. The van der Waals surface area contributed by atoms with Crippen molar-refractivity contribution >= 4 is 5.91 Å². The average molecular weight is 268 g/mol. The van der Waals surface area contributed by atoms with Gasteiger partial charge < -0.3 is 19.6 Å². The lowest BCUT2D eigenvalue weighted by molar-refractivity contribution is -0.126. The summed E-state index contributed by atoms with van der Waals surface area (Å²) in [6.07, 6.45) is 1.59. The molecule has 0 aromatic carbocycles. The van der Waals surface area contributed by atoms with E-state index < -0.39 is 0 Å². The minimum Gasteiger partial charge on any atom is -0.467 e. The second-order valence-electron chi connectivity index (χ2n) is 4.69. The third-order valence-corrected chi connectivity index (χ3v) is 3.25. The van der Waals surface area contributed by atoms with Crippen molar-refractivity contribution in [2.75, 3.05) is 32.9 Å². The smallest absolute Gasteiger partial charge is 0.234 e. The Hall–Kier alpha value is -1.37. The summed E-state index contributed by atoms with van der Waals surface area (Å²) in [7, 11) is 0. The monoisotopic (exact) mass is 268 g/mol. The summed E-state index contributed by atoms with van der Waals surface area (Å²) in [4.78, 5) is 13.9. The van der Waals surface area contributed by atoms with Crippen molar-refractivity contribution in [3.05, 3.63) is 24.2 Å². The first-order valence-electron chi connectivity index (χ1n) is 6.46. The highest BCUT2D eigenvalue weighted by molar-refractivity contribution is 5.78. The number of rotatable bonds is 5. The molecule has 1 fully saturated rings. The zero-order valence-corrected chi connectivity index (χ0v) is 11.0. The Morgan fingerprint density at radius 2 is 2.53 bits per heavy atom. The van der Waals surface area contributed by atoms with Crippen LogP contribution in [0.5, 0.6) is 0 Å². The van der Waals surface area contributed by atoms with Crippen LogP contribution in [0, 0.1) is 0 Å². The number of aliphatic hydroxyl groups excluding tert-OH is 1. The molecule has 1 saturated heterocycles. The normalized spacial score (nSPS) is 22.1. The molecular formula is C13H20N2O4. The zero-order chi connectivity index (χ0) is 13.7. The molecule has 0 saturated carbocycles. The van der Waals surface area contributed by atoms with Gasteiger partial charge in [-0.2, -0.15) is 0 Å². The highest BCUT2D eigenvalue weighted by Crippen LogP contribution is 2.12. The first-order valence-corrected chi connectivity index (χ1v) is 6.46. The van der Waals surface area contributed by atoms with Crippen molar-refractivity contribution in [2.45, 2.75) is 19.0 Å². The summed E-state index contributed by atoms with van der Waals surface area (Å²) in [5.41, 5.74) is 0. The number of amides is 1. The predicted molar refractivity (Wildman–Crippen MR) is 68.5 cm³/mol. The fraction of sp³-hybridized carbons (Fsp3) is 0.615. The number of hydrogen-bond acceptors (Lipinski definition) is 5. The van der Waals surface area contributed by atoms with Gasteiger partial charge in [-0.25, -0.2) is 0 Å². The Morgan fingerprint density at radius 3 is 3.21 bits per heavy atom. The molecule has 106 valence electrons. The van der Waals surface area contributed by atoms with Crippen LogP contribution in [0.15, 0.2) is 22.8 Å². The second-order valence-corrected chi connectivity index (χ2v) is 4.69. The van der Waals surface area contributed by atoms with E-state index in [4.69, 9.17) is 9.15 Å². The molecule has 2 rings (SSSR count). The maximum absolute atomic E-state index is 12.0. The maximum atomic E-state index is 12.0. The van der Waals surface area contributed by atoms with E-state index in [0.29, 0.717) is 19.8 Å². The highest BCUT2D eigenvalue weighted by atomic mass is 16.5. The zero-order valence-electron chi connectivity index (χ0n) is 11.0. The SMILES string of the molecule is CC(NC(=O)CN1CCOCC1CO)c1ccco1. The Balaban J connectivity index is 1.83. The summed E-state index contributed by atoms with van der Waals surface area (Å²) in [5.74, 6) is 0.651. The number of carbonyl (C=O) groups is 1. The molecule has 1 aromatic rings. The fourth-order valence-corrected chi connectivity index (χ4v) is 2.15. The molecule has 1 amide bonds. The lowest BCUT2D eigenvalue weighted by Gasteiger charge is -2.33. The van der Waals surface area contributed by atoms with Gasteiger partial charge in [0.1, 0.15) is 5.76 Å². The van der Waals surface area contributed by atoms with E-state index in [2.05, 4.69) is 5.32 Å². The Morgan fingerprint density at radius 1 is 1.68 bits per heavy atom. The average Bonchev–Trinajstić information content (AvgIpc) is 2.93. The Kier molecular flexibility index (Phi) is 4.95. The van der Waals surface area contributed by atoms with Gasteiger partial charge in [0.15, 0.2) is 0 Å². The van der Waals surface area contributed by atoms with E-state index in [-0.39, 0.29) is 31.1 Å². The molecule has 0 spiro atoms. The van der Waals surface area contributed by atoms with Crippen LogP contribution in [0.4, 0.5) is 0 Å². The lowest BCUT2D eigenvalue weighted by atomic mass is 10.2. The van der Waals surface area contributed by atoms with Crippen LogP contribution in [0.3, 0.4) is 0 Å². The number of aliphatic hydroxyl groups is 1. The lowest BCUT2D eigenvalue weighted by Crippen LogP contribution is -2.51. The predicted octanol–water partition coefficient (Wildman–Crippen LogP) is 0.150. The minimum atomic E-state index is -0.156. The Bertz CT molecular complexity index is 393. The van der Waals surface area contributed by atoms with Gasteiger partial charge in [0, 0.05) is 6.54 Å². The molecule has 19 heavy (non-hydrogen) atoms. The van der Waals surface area contributed by atoms with Gasteiger partial charge in [-0.15, -0.1) is 0 Å². The molecular weight excluding hydrogens is 248 g/mol. The van der Waals surface area contributed by atoms with Crippen LogP contribution in [0.1, 0.15) is 18.7 Å². The van der Waals surface area contributed by atoms with Crippen molar-refractivity contribution in [3.8, 4) is 0 Å². The highest BCUT2D eigenvalue weighted by Gasteiger charge is 2.24. The standard InChI is InChI=1S/C13H20N2O4/c1-10(12-3-2-5-19-12)14-13(17)7-15-4-6-18-9-11(15)8-16/h2-3,5,10-11,16H,4,6-9H2,1H3,(H,14,17). The number of morpholine rings is 1. The van der Waals surface area contributed by atoms with E-state index in [1.807, 2.05) is 17.9 Å². The number of nitrogens with zero attached hydrogens (tertiary/aromatic N) is 1. The molecule has 6 nitrogen and oxygen atoms in total. The molecule has 0 aliphatic carbocycles. The molecule has 0 radical (unpaired) electrons. The number of hydrogen-bond donors (Lipinski definition) is 2. The summed E-state index contributed by atoms with van der Waals surface area (Å²) in [5, 5.41) is 12.1. The number of ether oxygens (including phenoxy) is 1. The molecule has 6 heteroatoms. The summed E-state index contributed by atoms with van der Waals surface area (Å²) in [6, 6.07) is 3.37. The molecule has 1 aromatic heterocycles. The van der Waals surface area contributed by atoms with Gasteiger partial charge in [-0.3, -0.25) is 9.69 Å². The third-order valence-electron chi connectivity index (χ3n) is 3.25. The van der Waals surface area contributed by atoms with Gasteiger partial charge in [0.25, 0.3) is 0 Å². The number of furan rings is 1. The number of carbonyl (C=O) groups excluding carboxylic acids is 1. The van der Waals surface area contributed by atoms with Gasteiger partial charge >= 0.3 is 0 Å². The van der Waals surface area contributed by atoms with Crippen LogP contribution in [0.2, 0.25) is 0 Å².